The van der Waals surface area contributed by atoms with Crippen LogP contribution < -0.4 is 34.4 Å². The van der Waals surface area contributed by atoms with Crippen molar-refractivity contribution in [2.24, 2.45) is 0 Å². The number of ether oxygens (including phenoxy) is 3. The third-order valence-electron chi connectivity index (χ3n) is 4.48. The van der Waals surface area contributed by atoms with E-state index in [2.05, 4.69) is 5.64 Å². The molecule has 8 nitrogen and oxygen atoms in total. The van der Waals surface area contributed by atoms with Crippen molar-refractivity contribution in [3.63, 3.8) is 0 Å². The van der Waals surface area contributed by atoms with Crippen molar-refractivity contribution >= 4 is 17.2 Å². The molecule has 2 heterocycles. The van der Waals surface area contributed by atoms with E-state index in [0.29, 0.717) is 53.0 Å². The number of hydrogen-bond donors (Lipinski definition) is 1. The highest BCUT2D eigenvalue weighted by Gasteiger charge is 2.32. The molecule has 2 aliphatic rings. The highest BCUT2D eigenvalue weighted by molar-refractivity contribution is 6.08. The molecule has 8 heteroatoms. The van der Waals surface area contributed by atoms with Gasteiger partial charge >= 0.3 is 0 Å². The molecule has 4 rings (SSSR count). The second-order valence-electron chi connectivity index (χ2n) is 5.78. The average molecular weight is 358 g/mol. The summed E-state index contributed by atoms with van der Waals surface area (Å²) >= 11 is 0. The quantitative estimate of drug-likeness (QED) is 0.894. The number of Topliss-reactive ketones (excluding diaryl/α,β-unsaturated/α-hetero) is 1. The highest BCUT2D eigenvalue weighted by atomic mass is 16.9. The maximum atomic E-state index is 12.6. The predicted octanol–water partition coefficient (Wildman–Crippen LogP) is 2.63. The Bertz CT molecular complexity index is 882. The zero-order valence-corrected chi connectivity index (χ0v) is 14.6. The number of ketones is 1. The van der Waals surface area contributed by atoms with E-state index in [9.17, 15) is 4.79 Å². The molecule has 0 saturated carbocycles. The lowest BCUT2D eigenvalue weighted by molar-refractivity contribution is 0.0260. The molecule has 0 fully saturated rings. The van der Waals surface area contributed by atoms with Crippen molar-refractivity contribution in [3.05, 3.63) is 29.8 Å². The van der Waals surface area contributed by atoms with Gasteiger partial charge in [0.1, 0.15) is 0 Å². The number of hydrogen-bond acceptors (Lipinski definition) is 8. The molecule has 26 heavy (non-hydrogen) atoms. The van der Waals surface area contributed by atoms with Gasteiger partial charge in [-0.1, -0.05) is 0 Å². The third kappa shape index (κ3) is 2.38. The molecule has 2 aromatic rings. The number of benzene rings is 2. The van der Waals surface area contributed by atoms with Gasteiger partial charge in [0.15, 0.2) is 28.8 Å². The second-order valence-corrected chi connectivity index (χ2v) is 5.78. The molecule has 2 aromatic carbocycles. The van der Waals surface area contributed by atoms with E-state index < -0.39 is 0 Å². The van der Waals surface area contributed by atoms with E-state index in [1.54, 1.807) is 19.2 Å². The zero-order chi connectivity index (χ0) is 18.3. The summed E-state index contributed by atoms with van der Waals surface area (Å²) < 4.78 is 16.3. The Morgan fingerprint density at radius 3 is 2.50 bits per heavy atom. The monoisotopic (exact) mass is 358 g/mol. The smallest absolute Gasteiger partial charge is 0.204 e. The van der Waals surface area contributed by atoms with Crippen LogP contribution in [0.2, 0.25) is 0 Å². The number of fused-ring (bicyclic) bond motifs is 2. The van der Waals surface area contributed by atoms with Crippen molar-refractivity contribution in [2.45, 2.75) is 6.42 Å². The van der Waals surface area contributed by atoms with Crippen molar-refractivity contribution in [1.82, 2.24) is 5.64 Å². The molecule has 136 valence electrons. The lowest BCUT2D eigenvalue weighted by Gasteiger charge is -2.32. The van der Waals surface area contributed by atoms with Crippen LogP contribution >= 0.6 is 0 Å². The van der Waals surface area contributed by atoms with Gasteiger partial charge in [-0.25, -0.2) is 0 Å². The lowest BCUT2D eigenvalue weighted by atomic mass is 9.97. The summed E-state index contributed by atoms with van der Waals surface area (Å²) in [7, 11) is 4.57. The van der Waals surface area contributed by atoms with Gasteiger partial charge in [-0.3, -0.25) is 4.79 Å². The number of rotatable bonds is 4. The van der Waals surface area contributed by atoms with Crippen LogP contribution in [0.3, 0.4) is 0 Å². The molecule has 0 amide bonds. The van der Waals surface area contributed by atoms with E-state index in [1.165, 1.54) is 14.2 Å². The molecule has 0 radical (unpaired) electrons. The van der Waals surface area contributed by atoms with Gasteiger partial charge < -0.3 is 28.8 Å². The fourth-order valence-electron chi connectivity index (χ4n) is 3.29. The van der Waals surface area contributed by atoms with E-state index in [1.807, 2.05) is 17.0 Å². The van der Waals surface area contributed by atoms with Gasteiger partial charge in [0.25, 0.3) is 0 Å². The van der Waals surface area contributed by atoms with Crippen LogP contribution in [0, 0.1) is 0 Å². The Balaban J connectivity index is 1.89. The summed E-state index contributed by atoms with van der Waals surface area (Å²) in [5, 5.41) is 0. The summed E-state index contributed by atoms with van der Waals surface area (Å²) in [6.45, 7) is 0.525. The van der Waals surface area contributed by atoms with Crippen LogP contribution in [0.1, 0.15) is 16.8 Å². The van der Waals surface area contributed by atoms with Crippen LogP contribution in [0.25, 0.3) is 0 Å². The third-order valence-corrected chi connectivity index (χ3v) is 4.48. The molecule has 0 spiro atoms. The minimum atomic E-state index is -0.00327. The summed E-state index contributed by atoms with van der Waals surface area (Å²) in [5.41, 5.74) is 4.40. The zero-order valence-electron chi connectivity index (χ0n) is 14.6. The van der Waals surface area contributed by atoms with E-state index in [0.717, 1.165) is 5.69 Å². The van der Waals surface area contributed by atoms with Crippen LogP contribution in [-0.4, -0.2) is 33.7 Å². The van der Waals surface area contributed by atoms with Crippen LogP contribution in [0.15, 0.2) is 24.3 Å². The number of carbonyl (C=O) groups is 1. The van der Waals surface area contributed by atoms with Crippen molar-refractivity contribution in [3.8, 4) is 28.7 Å². The normalized spacial score (nSPS) is 14.9. The molecule has 0 aliphatic carbocycles. The number of methoxy groups -OCH3 is 3. The average Bonchev–Trinajstić information content (AvgIpc) is 3.14. The van der Waals surface area contributed by atoms with Gasteiger partial charge in [-0.05, 0) is 12.1 Å². The van der Waals surface area contributed by atoms with Gasteiger partial charge in [0, 0.05) is 36.4 Å². The molecule has 0 bridgehead atoms. The predicted molar refractivity (Wildman–Crippen MR) is 92.9 cm³/mol. The standard InChI is InChI=1S/C18H18N2O6/c1-22-15-9-11-16(18(24-3)17(15)23-2)12(21)6-7-20(11)10-4-5-13-14(8-10)26-19-25-13/h4-5,8-9,19H,6-7H2,1-3H3. The van der Waals surface area contributed by atoms with Crippen molar-refractivity contribution in [1.29, 1.82) is 0 Å². The second kappa shape index (κ2) is 6.30. The maximum Gasteiger partial charge on any atom is 0.204 e. The molecule has 0 aromatic heterocycles. The first-order valence-electron chi connectivity index (χ1n) is 8.04. The van der Waals surface area contributed by atoms with Gasteiger partial charge in [0.05, 0.1) is 32.6 Å². The number of nitrogens with zero attached hydrogens (tertiary/aromatic N) is 1. The van der Waals surface area contributed by atoms with Crippen molar-refractivity contribution < 1.29 is 28.7 Å². The van der Waals surface area contributed by atoms with Gasteiger partial charge in [0.2, 0.25) is 5.75 Å². The minimum absolute atomic E-state index is 0.00327. The summed E-state index contributed by atoms with van der Waals surface area (Å²) in [5.74, 6) is 2.44. The fraction of sp³-hybridized carbons (Fsp3) is 0.278. The Hall–Kier alpha value is -3.13. The summed E-state index contributed by atoms with van der Waals surface area (Å²) in [6, 6.07) is 7.34. The molecule has 2 aliphatic heterocycles. The topological polar surface area (TPSA) is 78.5 Å². The van der Waals surface area contributed by atoms with Gasteiger partial charge in [-0.15, -0.1) is 0 Å². The molecular weight excluding hydrogens is 340 g/mol. The van der Waals surface area contributed by atoms with Gasteiger partial charge in [-0.2, -0.15) is 0 Å². The number of anilines is 2. The molecule has 1 N–H and O–H groups in total. The van der Waals surface area contributed by atoms with E-state index in [-0.39, 0.29) is 5.78 Å². The number of carbonyl (C=O) groups excluding carboxylic acids is 1. The number of nitrogens with one attached hydrogen (secondary N) is 1. The molecular formula is C18H18N2O6. The summed E-state index contributed by atoms with van der Waals surface area (Å²) in [6.07, 6.45) is 0.353. The molecule has 0 atom stereocenters. The Labute approximate surface area is 150 Å². The maximum absolute atomic E-state index is 12.6. The van der Waals surface area contributed by atoms with Crippen LogP contribution in [0.5, 0.6) is 28.7 Å². The Morgan fingerprint density at radius 2 is 1.77 bits per heavy atom. The fourth-order valence-corrected chi connectivity index (χ4v) is 3.29. The Kier molecular flexibility index (Phi) is 3.96. The molecule has 0 saturated heterocycles. The van der Waals surface area contributed by atoms with Crippen LogP contribution in [-0.2, 0) is 0 Å². The lowest BCUT2D eigenvalue weighted by Crippen LogP contribution is -2.28. The van der Waals surface area contributed by atoms with Crippen molar-refractivity contribution in [2.75, 3.05) is 32.8 Å². The Morgan fingerprint density at radius 1 is 1.00 bits per heavy atom. The first-order chi connectivity index (χ1) is 12.7. The SMILES string of the molecule is COc1cc2c(c(OC)c1OC)C(=O)CCN2c1ccc2c(c1)ONO2. The van der Waals surface area contributed by atoms with Crippen LogP contribution in [0.4, 0.5) is 11.4 Å². The van der Waals surface area contributed by atoms with E-state index >= 15 is 0 Å². The first kappa shape index (κ1) is 16.3. The molecule has 0 unspecified atom stereocenters. The first-order valence-corrected chi connectivity index (χ1v) is 8.04. The largest absolute Gasteiger partial charge is 0.493 e. The minimum Gasteiger partial charge on any atom is -0.493 e. The highest BCUT2D eigenvalue weighted by Crippen LogP contribution is 2.49. The van der Waals surface area contributed by atoms with E-state index in [4.69, 9.17) is 23.9 Å². The summed E-state index contributed by atoms with van der Waals surface area (Å²) in [4.78, 5) is 25.0.